The Balaban J connectivity index is 0.00000308. The van der Waals surface area contributed by atoms with Crippen molar-refractivity contribution in [1.29, 1.82) is 0 Å². The summed E-state index contributed by atoms with van der Waals surface area (Å²) in [4.78, 5) is 23.4. The van der Waals surface area contributed by atoms with Crippen LogP contribution in [0.3, 0.4) is 0 Å². The Morgan fingerprint density at radius 1 is 1.23 bits per heavy atom. The van der Waals surface area contributed by atoms with Gasteiger partial charge in [-0.3, -0.25) is 9.69 Å². The molecule has 3 N–H and O–H groups in total. The molecule has 1 aromatic carbocycles. The molecule has 1 amide bonds. The van der Waals surface area contributed by atoms with Crippen LogP contribution in [0, 0.1) is 12.3 Å². The molecule has 0 saturated heterocycles. The van der Waals surface area contributed by atoms with Gasteiger partial charge in [-0.1, -0.05) is 6.07 Å². The normalized spacial score (nSPS) is 18.4. The fourth-order valence-electron chi connectivity index (χ4n) is 5.65. The number of carbonyl (C=O) groups excluding carboxylic acids is 1. The molecule has 6 rings (SSSR count). The zero-order chi connectivity index (χ0) is 26.1. The maximum Gasteiger partial charge on any atom is 0.251 e. The predicted molar refractivity (Wildman–Crippen MR) is 152 cm³/mol. The summed E-state index contributed by atoms with van der Waals surface area (Å²) in [5.41, 5.74) is 4.50. The monoisotopic (exact) mass is 551 g/mol. The number of hydrogen-bond donors (Lipinski definition) is 3. The molecule has 0 unspecified atom stereocenters. The number of ether oxygens (including phenoxy) is 1. The van der Waals surface area contributed by atoms with Gasteiger partial charge in [0.15, 0.2) is 12.2 Å². The van der Waals surface area contributed by atoms with E-state index in [2.05, 4.69) is 37.6 Å². The summed E-state index contributed by atoms with van der Waals surface area (Å²) < 4.78 is 11.2. The van der Waals surface area contributed by atoms with Gasteiger partial charge in [-0.05, 0) is 79.8 Å². The maximum absolute atomic E-state index is 12.7. The first kappa shape index (κ1) is 27.5. The highest BCUT2D eigenvalue weighted by Gasteiger charge is 2.52. The molecule has 39 heavy (non-hydrogen) atoms. The molecule has 2 aliphatic carbocycles. The number of anilines is 1. The van der Waals surface area contributed by atoms with Crippen molar-refractivity contribution in [1.82, 2.24) is 20.2 Å². The number of oxazole rings is 1. The van der Waals surface area contributed by atoms with E-state index in [-0.39, 0.29) is 25.9 Å². The number of amides is 1. The molecule has 0 radical (unpaired) electrons. The molecule has 9 nitrogen and oxygen atoms in total. The lowest BCUT2D eigenvalue weighted by Crippen LogP contribution is -2.42. The van der Waals surface area contributed by atoms with E-state index in [0.29, 0.717) is 30.2 Å². The van der Waals surface area contributed by atoms with Gasteiger partial charge in [0.25, 0.3) is 5.91 Å². The van der Waals surface area contributed by atoms with E-state index in [9.17, 15) is 9.90 Å². The van der Waals surface area contributed by atoms with E-state index in [1.807, 2.05) is 13.0 Å². The Morgan fingerprint density at radius 3 is 2.85 bits per heavy atom. The van der Waals surface area contributed by atoms with Gasteiger partial charge in [0, 0.05) is 44.0 Å². The molecular formula is C29H37N5O4S. The predicted octanol–water partition coefficient (Wildman–Crippen LogP) is 3.57. The number of aliphatic hydroxyl groups is 1. The second kappa shape index (κ2) is 11.6. The highest BCUT2D eigenvalue weighted by Crippen LogP contribution is 2.61. The second-order valence-electron chi connectivity index (χ2n) is 11.1. The zero-order valence-corrected chi connectivity index (χ0v) is 23.3. The number of fused-ring (bicyclic) bond motifs is 1. The van der Waals surface area contributed by atoms with Crippen molar-refractivity contribution >= 4 is 25.2 Å². The molecule has 0 bridgehead atoms. The third kappa shape index (κ3) is 6.57. The van der Waals surface area contributed by atoms with Crippen molar-refractivity contribution in [2.75, 3.05) is 25.0 Å². The number of aryl methyl sites for hydroxylation is 1. The van der Waals surface area contributed by atoms with E-state index in [4.69, 9.17) is 9.15 Å². The van der Waals surface area contributed by atoms with E-state index in [1.165, 1.54) is 43.2 Å². The van der Waals surface area contributed by atoms with Crippen LogP contribution in [-0.4, -0.2) is 57.7 Å². The Labute approximate surface area is 235 Å². The maximum atomic E-state index is 12.7. The molecule has 2 aromatic heterocycles. The van der Waals surface area contributed by atoms with Crippen LogP contribution in [0.1, 0.15) is 58.6 Å². The molecular weight excluding hydrogens is 514 g/mol. The minimum Gasteiger partial charge on any atom is -0.486 e. The lowest BCUT2D eigenvalue weighted by atomic mass is 9.77. The average Bonchev–Trinajstić information content (AvgIpc) is 3.59. The second-order valence-corrected chi connectivity index (χ2v) is 11.1. The van der Waals surface area contributed by atoms with E-state index in [0.717, 1.165) is 42.5 Å². The third-order valence-corrected chi connectivity index (χ3v) is 8.14. The number of pyridine rings is 1. The van der Waals surface area contributed by atoms with Crippen molar-refractivity contribution in [2.24, 2.45) is 5.41 Å². The molecule has 2 saturated carbocycles. The van der Waals surface area contributed by atoms with Crippen LogP contribution in [0.15, 0.2) is 47.3 Å². The van der Waals surface area contributed by atoms with Crippen LogP contribution < -0.4 is 15.4 Å². The summed E-state index contributed by atoms with van der Waals surface area (Å²) in [5, 5.41) is 17.0. The molecule has 3 heterocycles. The zero-order valence-electron chi connectivity index (χ0n) is 22.3. The number of hydrogen-bond acceptors (Lipinski definition) is 8. The fourth-order valence-corrected chi connectivity index (χ4v) is 5.65. The number of β-amino-alcohol motifs (C(OH)–C–C–N with tert-alkyl or cyclic N) is 1. The molecule has 2 fully saturated rings. The molecule has 208 valence electrons. The lowest BCUT2D eigenvalue weighted by Gasteiger charge is -2.36. The Bertz CT molecular complexity index is 1300. The van der Waals surface area contributed by atoms with Gasteiger partial charge in [0.1, 0.15) is 18.2 Å². The van der Waals surface area contributed by atoms with Gasteiger partial charge in [-0.2, -0.15) is 13.5 Å². The van der Waals surface area contributed by atoms with Gasteiger partial charge >= 0.3 is 0 Å². The van der Waals surface area contributed by atoms with Gasteiger partial charge in [-0.15, -0.1) is 0 Å². The SMILES string of the molecule is Cc1ncoc1COc1ccc2c(c1)CCN(C[C@@H](O)CNC(=O)c1ccnc(NC3CC4(CC4)C3)c1)C2.S. The van der Waals surface area contributed by atoms with Gasteiger partial charge in [-0.25, -0.2) is 9.97 Å². The van der Waals surface area contributed by atoms with Crippen LogP contribution >= 0.6 is 13.5 Å². The first-order valence-electron chi connectivity index (χ1n) is 13.5. The van der Waals surface area contributed by atoms with Crippen LogP contribution in [0.25, 0.3) is 0 Å². The summed E-state index contributed by atoms with van der Waals surface area (Å²) >= 11 is 0. The number of aromatic nitrogens is 2. The number of aliphatic hydroxyl groups excluding tert-OH is 1. The van der Waals surface area contributed by atoms with Crippen LogP contribution in [0.4, 0.5) is 5.82 Å². The van der Waals surface area contributed by atoms with Gasteiger partial charge in [0.05, 0.1) is 11.8 Å². The first-order valence-corrected chi connectivity index (χ1v) is 13.5. The number of carbonyl (C=O) groups is 1. The van der Waals surface area contributed by atoms with Crippen LogP contribution in [0.5, 0.6) is 5.75 Å². The van der Waals surface area contributed by atoms with Crippen molar-refractivity contribution in [2.45, 2.75) is 64.3 Å². The Hall–Kier alpha value is -3.08. The van der Waals surface area contributed by atoms with Gasteiger partial charge in [0.2, 0.25) is 0 Å². The number of benzene rings is 1. The average molecular weight is 552 g/mol. The summed E-state index contributed by atoms with van der Waals surface area (Å²) in [7, 11) is 0. The number of nitrogens with one attached hydrogen (secondary N) is 2. The summed E-state index contributed by atoms with van der Waals surface area (Å²) in [6.07, 6.45) is 8.44. The summed E-state index contributed by atoms with van der Waals surface area (Å²) in [6, 6.07) is 10.1. The van der Waals surface area contributed by atoms with E-state index < -0.39 is 6.10 Å². The van der Waals surface area contributed by atoms with Crippen molar-refractivity contribution in [3.8, 4) is 5.75 Å². The van der Waals surface area contributed by atoms with Crippen molar-refractivity contribution in [3.05, 3.63) is 71.1 Å². The molecule has 3 aromatic rings. The van der Waals surface area contributed by atoms with E-state index in [1.54, 1.807) is 18.3 Å². The highest BCUT2D eigenvalue weighted by atomic mass is 32.1. The Kier molecular flexibility index (Phi) is 8.16. The van der Waals surface area contributed by atoms with Crippen molar-refractivity contribution < 1.29 is 19.1 Å². The third-order valence-electron chi connectivity index (χ3n) is 8.14. The Morgan fingerprint density at radius 2 is 2.08 bits per heavy atom. The van der Waals surface area contributed by atoms with Crippen molar-refractivity contribution in [3.63, 3.8) is 0 Å². The standard InChI is InChI=1S/C29H35N5O4.H2S/c1-19-26(38-18-32-19)17-37-25-3-2-22-15-34(9-5-20(22)10-25)16-24(35)14-31-28(36)21-4-8-30-27(11-21)33-23-12-29(13-23)6-7-29;/h2-4,8,10-11,18,23-24,35H,5-7,9,12-17H2,1H3,(H,30,33)(H,31,36);1H2/t24-;/m0./s1. The number of rotatable bonds is 10. The fraction of sp³-hybridized carbons (Fsp3) is 0.483. The van der Waals surface area contributed by atoms with Crippen LogP contribution in [-0.2, 0) is 19.6 Å². The number of nitrogens with zero attached hydrogens (tertiary/aromatic N) is 3. The molecule has 1 aliphatic heterocycles. The molecule has 1 spiro atoms. The first-order chi connectivity index (χ1) is 18.4. The quantitative estimate of drug-likeness (QED) is 0.351. The topological polar surface area (TPSA) is 113 Å². The smallest absolute Gasteiger partial charge is 0.251 e. The highest BCUT2D eigenvalue weighted by molar-refractivity contribution is 7.59. The van der Waals surface area contributed by atoms with Crippen LogP contribution in [0.2, 0.25) is 0 Å². The van der Waals surface area contributed by atoms with Gasteiger partial charge < -0.3 is 24.9 Å². The molecule has 10 heteroatoms. The largest absolute Gasteiger partial charge is 0.486 e. The lowest BCUT2D eigenvalue weighted by molar-refractivity contribution is 0.0841. The molecule has 3 aliphatic rings. The molecule has 1 atom stereocenters. The summed E-state index contributed by atoms with van der Waals surface area (Å²) in [6.45, 7) is 4.54. The minimum atomic E-state index is -0.655. The summed E-state index contributed by atoms with van der Waals surface area (Å²) in [5.74, 6) is 2.09. The van der Waals surface area contributed by atoms with E-state index >= 15 is 0 Å². The minimum absolute atomic E-state index is 0.